The van der Waals surface area contributed by atoms with Gasteiger partial charge in [0.2, 0.25) is 0 Å². The Hall–Kier alpha value is -1.76. The molecule has 26 heavy (non-hydrogen) atoms. The van der Waals surface area contributed by atoms with E-state index in [1.54, 1.807) is 0 Å². The van der Waals surface area contributed by atoms with Gasteiger partial charge >= 0.3 is 12.2 Å². The summed E-state index contributed by atoms with van der Waals surface area (Å²) in [4.78, 5) is 13.5. The summed E-state index contributed by atoms with van der Waals surface area (Å²) in [7, 11) is 0. The van der Waals surface area contributed by atoms with Gasteiger partial charge < -0.3 is 10.6 Å². The number of alkyl halides is 3. The van der Waals surface area contributed by atoms with Crippen molar-refractivity contribution in [3.63, 3.8) is 0 Å². The number of carbonyl (C=O) groups excluding carboxylic acids is 1. The molecule has 0 aromatic heterocycles. The molecular formula is C19H26F3N3O. The molecule has 2 amide bonds. The van der Waals surface area contributed by atoms with E-state index in [1.807, 2.05) is 18.2 Å². The molecule has 0 radical (unpaired) electrons. The van der Waals surface area contributed by atoms with E-state index in [0.29, 0.717) is 32.6 Å². The van der Waals surface area contributed by atoms with Gasteiger partial charge in [0.1, 0.15) is 0 Å². The normalized spacial score (nSPS) is 22.7. The standard InChI is InChI=1S/C19H26F3N3O/c20-19(21,22)14-25-10-7-15(12-25)11-23-17(26)24-13-18(8-4-9-18)16-5-2-1-3-6-16/h1-3,5-6,15H,4,7-14H2,(H2,23,24,26)/t15-/m1/s1. The molecule has 2 fully saturated rings. The number of benzene rings is 1. The highest BCUT2D eigenvalue weighted by Gasteiger charge is 2.39. The molecule has 1 heterocycles. The molecule has 1 aromatic carbocycles. The van der Waals surface area contributed by atoms with E-state index in [4.69, 9.17) is 0 Å². The first kappa shape index (κ1) is 19.0. The summed E-state index contributed by atoms with van der Waals surface area (Å²) in [5.41, 5.74) is 1.28. The second-order valence-corrected chi connectivity index (χ2v) is 7.57. The number of rotatable bonds is 6. The molecular weight excluding hydrogens is 343 g/mol. The number of urea groups is 1. The maximum atomic E-state index is 12.4. The summed E-state index contributed by atoms with van der Waals surface area (Å²) in [5, 5.41) is 5.78. The molecule has 144 valence electrons. The minimum Gasteiger partial charge on any atom is -0.338 e. The second-order valence-electron chi connectivity index (χ2n) is 7.57. The minimum absolute atomic E-state index is 0.0233. The molecule has 2 aliphatic rings. The van der Waals surface area contributed by atoms with Gasteiger partial charge in [-0.15, -0.1) is 0 Å². The topological polar surface area (TPSA) is 44.4 Å². The predicted octanol–water partition coefficient (Wildman–Crippen LogP) is 3.29. The van der Waals surface area contributed by atoms with Gasteiger partial charge in [0.05, 0.1) is 6.54 Å². The highest BCUT2D eigenvalue weighted by molar-refractivity contribution is 5.74. The molecule has 2 N–H and O–H groups in total. The fraction of sp³-hybridized carbons (Fsp3) is 0.632. The first-order valence-corrected chi connectivity index (χ1v) is 9.23. The molecule has 1 aliphatic heterocycles. The van der Waals surface area contributed by atoms with Crippen LogP contribution in [0.5, 0.6) is 0 Å². The summed E-state index contributed by atoms with van der Waals surface area (Å²) < 4.78 is 37.3. The van der Waals surface area contributed by atoms with Crippen molar-refractivity contribution in [1.29, 1.82) is 0 Å². The third kappa shape index (κ3) is 4.90. The smallest absolute Gasteiger partial charge is 0.338 e. The minimum atomic E-state index is -4.16. The molecule has 1 atom stereocenters. The number of carbonyl (C=O) groups is 1. The Morgan fingerprint density at radius 2 is 1.92 bits per heavy atom. The molecule has 1 aliphatic carbocycles. The molecule has 0 bridgehead atoms. The van der Waals surface area contributed by atoms with Crippen molar-refractivity contribution in [3.05, 3.63) is 35.9 Å². The summed E-state index contributed by atoms with van der Waals surface area (Å²) in [6, 6.07) is 9.99. The van der Waals surface area contributed by atoms with E-state index in [1.165, 1.54) is 10.5 Å². The maximum Gasteiger partial charge on any atom is 0.401 e. The fourth-order valence-corrected chi connectivity index (χ4v) is 3.99. The van der Waals surface area contributed by atoms with Gasteiger partial charge in [-0.05, 0) is 37.3 Å². The number of hydrogen-bond donors (Lipinski definition) is 2. The first-order valence-electron chi connectivity index (χ1n) is 9.23. The Labute approximate surface area is 152 Å². The van der Waals surface area contributed by atoms with Crippen LogP contribution in [0.25, 0.3) is 0 Å². The maximum absolute atomic E-state index is 12.4. The van der Waals surface area contributed by atoms with Crippen LogP contribution in [0.2, 0.25) is 0 Å². The van der Waals surface area contributed by atoms with E-state index < -0.39 is 12.7 Å². The largest absolute Gasteiger partial charge is 0.401 e. The lowest BCUT2D eigenvalue weighted by Crippen LogP contribution is -2.48. The number of nitrogens with zero attached hydrogens (tertiary/aromatic N) is 1. The van der Waals surface area contributed by atoms with Crippen LogP contribution in [0.15, 0.2) is 30.3 Å². The number of amides is 2. The van der Waals surface area contributed by atoms with Crippen LogP contribution in [0, 0.1) is 5.92 Å². The number of hydrogen-bond acceptors (Lipinski definition) is 2. The van der Waals surface area contributed by atoms with Gasteiger partial charge in [-0.1, -0.05) is 36.8 Å². The third-order valence-corrected chi connectivity index (χ3v) is 5.61. The lowest BCUT2D eigenvalue weighted by atomic mass is 9.64. The SMILES string of the molecule is O=C(NC[C@H]1CCN(CC(F)(F)F)C1)NCC1(c2ccccc2)CCC1. The number of nitrogens with one attached hydrogen (secondary N) is 2. The molecule has 1 saturated carbocycles. The van der Waals surface area contributed by atoms with Gasteiger partial charge in [-0.25, -0.2) is 4.79 Å². The second kappa shape index (κ2) is 7.86. The molecule has 4 nitrogen and oxygen atoms in total. The van der Waals surface area contributed by atoms with Crippen LogP contribution in [-0.2, 0) is 5.41 Å². The van der Waals surface area contributed by atoms with Crippen LogP contribution in [0.3, 0.4) is 0 Å². The first-order chi connectivity index (χ1) is 12.4. The molecule has 0 unspecified atom stereocenters. The average Bonchev–Trinajstić information content (AvgIpc) is 2.98. The van der Waals surface area contributed by atoms with Crippen molar-refractivity contribution in [1.82, 2.24) is 15.5 Å². The zero-order chi connectivity index (χ0) is 18.6. The van der Waals surface area contributed by atoms with Gasteiger partial charge in [-0.2, -0.15) is 13.2 Å². The number of likely N-dealkylation sites (tertiary alicyclic amines) is 1. The summed E-state index contributed by atoms with van der Waals surface area (Å²) >= 11 is 0. The van der Waals surface area contributed by atoms with Gasteiger partial charge in [0.25, 0.3) is 0 Å². The average molecular weight is 369 g/mol. The predicted molar refractivity (Wildman–Crippen MR) is 94.0 cm³/mol. The zero-order valence-electron chi connectivity index (χ0n) is 14.8. The lowest BCUT2D eigenvalue weighted by molar-refractivity contribution is -0.143. The van der Waals surface area contributed by atoms with Crippen molar-refractivity contribution in [3.8, 4) is 0 Å². The Morgan fingerprint density at radius 1 is 1.19 bits per heavy atom. The Balaban J connectivity index is 1.40. The van der Waals surface area contributed by atoms with Crippen molar-refractivity contribution in [2.24, 2.45) is 5.92 Å². The fourth-order valence-electron chi connectivity index (χ4n) is 3.99. The van der Waals surface area contributed by atoms with Crippen LogP contribution in [-0.4, -0.2) is 49.8 Å². The molecule has 3 rings (SSSR count). The molecule has 0 spiro atoms. The quantitative estimate of drug-likeness (QED) is 0.808. The Morgan fingerprint density at radius 3 is 2.54 bits per heavy atom. The highest BCUT2D eigenvalue weighted by atomic mass is 19.4. The summed E-state index contributed by atoms with van der Waals surface area (Å²) in [6.45, 7) is 0.958. The van der Waals surface area contributed by atoms with Crippen molar-refractivity contribution in [2.45, 2.75) is 37.3 Å². The van der Waals surface area contributed by atoms with E-state index in [0.717, 1.165) is 19.3 Å². The molecule has 1 aromatic rings. The van der Waals surface area contributed by atoms with Crippen LogP contribution < -0.4 is 10.6 Å². The van der Waals surface area contributed by atoms with E-state index in [-0.39, 0.29) is 17.4 Å². The van der Waals surface area contributed by atoms with Gasteiger partial charge in [0.15, 0.2) is 0 Å². The molecule has 7 heteroatoms. The van der Waals surface area contributed by atoms with Crippen LogP contribution in [0.1, 0.15) is 31.2 Å². The Bertz CT molecular complexity index is 602. The van der Waals surface area contributed by atoms with E-state index in [9.17, 15) is 18.0 Å². The van der Waals surface area contributed by atoms with Crippen molar-refractivity contribution < 1.29 is 18.0 Å². The lowest BCUT2D eigenvalue weighted by Gasteiger charge is -2.42. The van der Waals surface area contributed by atoms with Crippen molar-refractivity contribution >= 4 is 6.03 Å². The Kier molecular flexibility index (Phi) is 5.75. The van der Waals surface area contributed by atoms with Gasteiger partial charge in [0, 0.05) is 25.0 Å². The highest BCUT2D eigenvalue weighted by Crippen LogP contribution is 2.43. The number of halogens is 3. The third-order valence-electron chi connectivity index (χ3n) is 5.61. The van der Waals surface area contributed by atoms with Crippen molar-refractivity contribution in [2.75, 3.05) is 32.7 Å². The van der Waals surface area contributed by atoms with Crippen LogP contribution in [0.4, 0.5) is 18.0 Å². The monoisotopic (exact) mass is 369 g/mol. The van der Waals surface area contributed by atoms with E-state index in [2.05, 4.69) is 22.8 Å². The van der Waals surface area contributed by atoms with Crippen LogP contribution >= 0.6 is 0 Å². The van der Waals surface area contributed by atoms with Gasteiger partial charge in [-0.3, -0.25) is 4.90 Å². The zero-order valence-corrected chi connectivity index (χ0v) is 14.8. The van der Waals surface area contributed by atoms with E-state index >= 15 is 0 Å². The summed E-state index contributed by atoms with van der Waals surface area (Å²) in [6.07, 6.45) is -0.188. The summed E-state index contributed by atoms with van der Waals surface area (Å²) in [5.74, 6) is 0.0786. The molecule has 1 saturated heterocycles.